The molecular weight excluding hydrogens is 985 g/mol. The van der Waals surface area contributed by atoms with Gasteiger partial charge in [-0.25, -0.2) is 28.8 Å². The average molecular weight is 1050 g/mol. The number of carboxylic acid groups (broad SMARTS) is 6. The summed E-state index contributed by atoms with van der Waals surface area (Å²) >= 11 is 0. The SMILES string of the molecule is O=C(O)COc1ccc2cc1Cc1cc(ccc1OCC(=O)O)-c1ccc(OCC(=O)O)c(c1)Cc1cc(ccc1OCC(=O)O)-c1ccc(OCC(=O)O)c(c1)Cc1cc-2ccc1OCC(=O)O.[NH4+].[NH4+].[NH4+].[NH4+].[NH4+].[NH4+]. The number of carbonyl (C=O) groups is 6. The van der Waals surface area contributed by atoms with E-state index in [0.29, 0.717) is 66.8 Å². The first-order valence-corrected chi connectivity index (χ1v) is 20.9. The van der Waals surface area contributed by atoms with Gasteiger partial charge in [0.05, 0.1) is 0 Å². The van der Waals surface area contributed by atoms with Gasteiger partial charge in [-0.15, -0.1) is 0 Å². The number of hydrogen-bond acceptors (Lipinski definition) is 12. The molecule has 0 unspecified atom stereocenters. The second kappa shape index (κ2) is 28.7. The van der Waals surface area contributed by atoms with E-state index in [1.807, 2.05) is 0 Å². The fraction of sp³-hybridized carbons (Fsp3) is 0.176. The Hall–Kier alpha value is -9.30. The molecule has 0 heterocycles. The maximum Gasteiger partial charge on any atom is 0.341 e. The van der Waals surface area contributed by atoms with Gasteiger partial charge in [-0.05, 0) is 140 Å². The van der Waals surface area contributed by atoms with Crippen LogP contribution in [0.25, 0.3) is 33.4 Å². The van der Waals surface area contributed by atoms with Crippen molar-refractivity contribution in [3.63, 3.8) is 0 Å². The number of ether oxygens (including phenoxy) is 6. The van der Waals surface area contributed by atoms with Crippen LogP contribution in [0.15, 0.2) is 109 Å². The molecule has 24 nitrogen and oxygen atoms in total. The molecule has 1 aliphatic rings. The smallest absolute Gasteiger partial charge is 0.341 e. The van der Waals surface area contributed by atoms with Crippen LogP contribution < -0.4 is 65.3 Å². The zero-order valence-corrected chi connectivity index (χ0v) is 42.3. The summed E-state index contributed by atoms with van der Waals surface area (Å²) in [5, 5.41) is 57.4. The van der Waals surface area contributed by atoms with E-state index in [1.54, 1.807) is 109 Å². The molecule has 1 aliphatic carbocycles. The summed E-state index contributed by atoms with van der Waals surface area (Å²) in [6, 6.07) is 30.3. The van der Waals surface area contributed by atoms with E-state index in [2.05, 4.69) is 0 Å². The van der Waals surface area contributed by atoms with E-state index >= 15 is 0 Å². The number of quaternary nitrogens is 6. The summed E-state index contributed by atoms with van der Waals surface area (Å²) in [4.78, 5) is 70.3. The van der Waals surface area contributed by atoms with Gasteiger partial charge < -0.3 is 96.0 Å². The number of fused-ring (bicyclic) bond motifs is 15. The normalized spacial score (nSPS) is 10.6. The predicted octanol–water partition coefficient (Wildman–Crippen LogP) is 8.81. The highest BCUT2D eigenvalue weighted by molar-refractivity contribution is 5.76. The molecule has 6 aromatic rings. The monoisotopic (exact) mass is 1050 g/mol. The fourth-order valence-electron chi connectivity index (χ4n) is 7.68. The summed E-state index contributed by atoms with van der Waals surface area (Å²) in [5.41, 5.74) is 6.40. The highest BCUT2D eigenvalue weighted by atomic mass is 16.5. The van der Waals surface area contributed by atoms with E-state index in [0.717, 1.165) is 0 Å². The van der Waals surface area contributed by atoms with Crippen molar-refractivity contribution in [1.82, 2.24) is 36.9 Å². The minimum absolute atomic E-state index is 0. The minimum Gasteiger partial charge on any atom is -0.482 e. The topological polar surface area (TPSA) is 498 Å². The molecule has 12 bridgehead atoms. The standard InChI is InChI=1S/C51H42O18.6H3N/c52-46(53)22-64-40-7-1-28-13-34(40)19-36-15-30(3-9-42(36)66-24-48(56)57)32-5-11-44(68-26-50(60)61)38(17-32)21-39-18-33(6-12-45(39)69-27-51(62)63)31-4-10-43(67-25-49(58)59)37(16-31)20-35-14-29(28)2-8-41(35)65-23-47(54)55;;;;;;/h1-18H,19-27H2,(H,52,53)(H,54,55)(H,56,57)(H,58,59)(H,60,61)(H,62,63);6*1H3/p+6. The van der Waals surface area contributed by atoms with Crippen molar-refractivity contribution in [2.45, 2.75) is 19.3 Å². The van der Waals surface area contributed by atoms with Crippen LogP contribution in [0.5, 0.6) is 34.5 Å². The van der Waals surface area contributed by atoms with Gasteiger partial charge >= 0.3 is 35.8 Å². The van der Waals surface area contributed by atoms with Crippen molar-refractivity contribution in [3.05, 3.63) is 143 Å². The van der Waals surface area contributed by atoms with Crippen molar-refractivity contribution < 1.29 is 87.8 Å². The Morgan fingerprint density at radius 3 is 0.520 bits per heavy atom. The summed E-state index contributed by atoms with van der Waals surface area (Å²) in [5.74, 6) is -6.28. The van der Waals surface area contributed by atoms with Crippen LogP contribution in [0.3, 0.4) is 0 Å². The van der Waals surface area contributed by atoms with Gasteiger partial charge in [-0.2, -0.15) is 0 Å². The second-order valence-corrected chi connectivity index (χ2v) is 15.6. The lowest BCUT2D eigenvalue weighted by atomic mass is 9.93. The number of aliphatic carboxylic acids is 6. The quantitative estimate of drug-likeness (QED) is 0.0382. The zero-order chi connectivity index (χ0) is 49.2. The number of rotatable bonds is 18. The number of carboxylic acids is 6. The van der Waals surface area contributed by atoms with Gasteiger partial charge in [0, 0.05) is 19.3 Å². The van der Waals surface area contributed by atoms with Crippen LogP contribution in [0, 0.1) is 0 Å². The van der Waals surface area contributed by atoms with Crippen LogP contribution in [-0.4, -0.2) is 106 Å². The maximum atomic E-state index is 11.7. The molecule has 0 radical (unpaired) electrons. The van der Waals surface area contributed by atoms with Crippen LogP contribution >= 0.6 is 0 Å². The van der Waals surface area contributed by atoms with Crippen molar-refractivity contribution in [1.29, 1.82) is 0 Å². The van der Waals surface area contributed by atoms with Crippen molar-refractivity contribution >= 4 is 35.8 Å². The molecule has 0 spiro atoms. The largest absolute Gasteiger partial charge is 0.482 e. The molecule has 30 N–H and O–H groups in total. The minimum atomic E-state index is -1.24. The first kappa shape index (κ1) is 63.7. The lowest BCUT2D eigenvalue weighted by Crippen LogP contribution is -2.12. The molecule has 75 heavy (non-hydrogen) atoms. The highest BCUT2D eigenvalue weighted by Gasteiger charge is 2.21. The molecule has 0 saturated heterocycles. The molecular formula is C51H66N6O18+6. The lowest BCUT2D eigenvalue weighted by Gasteiger charge is -2.18. The molecule has 6 aromatic carbocycles. The van der Waals surface area contributed by atoms with Crippen molar-refractivity contribution in [2.75, 3.05) is 39.6 Å². The van der Waals surface area contributed by atoms with Crippen LogP contribution in [0.4, 0.5) is 0 Å². The zero-order valence-electron chi connectivity index (χ0n) is 42.3. The maximum absolute atomic E-state index is 11.7. The molecule has 0 amide bonds. The Balaban J connectivity index is 0.00000469. The predicted molar refractivity (Wildman–Crippen MR) is 279 cm³/mol. The van der Waals surface area contributed by atoms with Gasteiger partial charge in [-0.3, -0.25) is 0 Å². The van der Waals surface area contributed by atoms with Crippen LogP contribution in [-0.2, 0) is 48.0 Å². The lowest BCUT2D eigenvalue weighted by molar-refractivity contribution is -0.140. The van der Waals surface area contributed by atoms with E-state index in [1.165, 1.54) is 0 Å². The summed E-state index contributed by atoms with van der Waals surface area (Å²) in [7, 11) is 0. The molecule has 0 saturated carbocycles. The Bertz CT molecular complexity index is 2490. The van der Waals surface area contributed by atoms with Gasteiger partial charge in [0.15, 0.2) is 39.6 Å². The fourth-order valence-corrected chi connectivity index (χ4v) is 7.68. The summed E-state index contributed by atoms with van der Waals surface area (Å²) in [6.07, 6.45) is 0.0388. The average Bonchev–Trinajstić information content (AvgIpc) is 3.31. The first-order chi connectivity index (χ1) is 33.1. The van der Waals surface area contributed by atoms with E-state index in [-0.39, 0.29) is 90.7 Å². The molecule has 7 rings (SSSR count). The van der Waals surface area contributed by atoms with Gasteiger partial charge in [0.1, 0.15) is 34.5 Å². The van der Waals surface area contributed by atoms with Crippen molar-refractivity contribution in [3.8, 4) is 67.9 Å². The molecule has 0 aliphatic heterocycles. The van der Waals surface area contributed by atoms with Crippen molar-refractivity contribution in [2.24, 2.45) is 0 Å². The van der Waals surface area contributed by atoms with E-state index in [9.17, 15) is 59.4 Å². The Morgan fingerprint density at radius 2 is 0.400 bits per heavy atom. The van der Waals surface area contributed by atoms with Gasteiger partial charge in [-0.1, -0.05) is 36.4 Å². The summed E-state index contributed by atoms with van der Waals surface area (Å²) in [6.45, 7) is -4.14. The third-order valence-corrected chi connectivity index (χ3v) is 10.6. The molecule has 0 aromatic heterocycles. The molecule has 402 valence electrons. The molecule has 24 heteroatoms. The first-order valence-electron chi connectivity index (χ1n) is 20.9. The van der Waals surface area contributed by atoms with E-state index in [4.69, 9.17) is 28.4 Å². The van der Waals surface area contributed by atoms with Gasteiger partial charge in [0.25, 0.3) is 0 Å². The second-order valence-electron chi connectivity index (χ2n) is 15.6. The van der Waals surface area contributed by atoms with Crippen LogP contribution in [0.1, 0.15) is 33.4 Å². The Labute approximate surface area is 428 Å². The third kappa shape index (κ3) is 16.9. The summed E-state index contributed by atoms with van der Waals surface area (Å²) < 4.78 is 34.5. The number of hydrogen-bond donors (Lipinski definition) is 12. The Kier molecular flexibility index (Phi) is 24.4. The molecule has 0 atom stereocenters. The van der Waals surface area contributed by atoms with Crippen LogP contribution in [0.2, 0.25) is 0 Å². The third-order valence-electron chi connectivity index (χ3n) is 10.6. The molecule has 0 fully saturated rings. The highest BCUT2D eigenvalue weighted by Crippen LogP contribution is 2.39. The van der Waals surface area contributed by atoms with Gasteiger partial charge in [0.2, 0.25) is 0 Å². The Morgan fingerprint density at radius 1 is 0.267 bits per heavy atom. The number of benzene rings is 6. The van der Waals surface area contributed by atoms with E-state index < -0.39 is 75.5 Å².